The van der Waals surface area contributed by atoms with Gasteiger partial charge in [0.05, 0.1) is 0 Å². The van der Waals surface area contributed by atoms with Crippen LogP contribution in [0.5, 0.6) is 0 Å². The maximum atomic E-state index is 12.8. The molecule has 5 rings (SSSR count). The molecule has 2 unspecified atom stereocenters. The number of fused-ring (bicyclic) bond motifs is 2. The summed E-state index contributed by atoms with van der Waals surface area (Å²) in [6.07, 6.45) is 4.77. The zero-order valence-electron chi connectivity index (χ0n) is 15.2. The van der Waals surface area contributed by atoms with Crippen molar-refractivity contribution in [3.8, 4) is 11.5 Å². The van der Waals surface area contributed by atoms with Crippen molar-refractivity contribution in [2.24, 2.45) is 0 Å². The lowest BCUT2D eigenvalue weighted by Crippen LogP contribution is -2.46. The van der Waals surface area contributed by atoms with Crippen LogP contribution in [0.15, 0.2) is 52.9 Å². The summed E-state index contributed by atoms with van der Waals surface area (Å²) in [6, 6.07) is 16.1. The van der Waals surface area contributed by atoms with Crippen molar-refractivity contribution in [2.45, 2.75) is 37.8 Å². The third kappa shape index (κ3) is 3.12. The summed E-state index contributed by atoms with van der Waals surface area (Å²) in [4.78, 5) is 19.9. The van der Waals surface area contributed by atoms with Gasteiger partial charge in [0.15, 0.2) is 5.58 Å². The Kier molecular flexibility index (Phi) is 4.17. The quantitative estimate of drug-likeness (QED) is 0.770. The molecular weight excluding hydrogens is 338 g/mol. The number of hydrogen-bond acceptors (Lipinski definition) is 4. The molecule has 0 aliphatic carbocycles. The summed E-state index contributed by atoms with van der Waals surface area (Å²) in [5.41, 5.74) is 2.98. The van der Waals surface area contributed by atoms with Gasteiger partial charge in [0.1, 0.15) is 5.52 Å². The molecule has 3 heterocycles. The molecule has 27 heavy (non-hydrogen) atoms. The van der Waals surface area contributed by atoms with E-state index < -0.39 is 0 Å². The highest BCUT2D eigenvalue weighted by Gasteiger charge is 2.36. The fraction of sp³-hybridized carbons (Fsp3) is 0.364. The molecule has 1 N–H and O–H groups in total. The maximum absolute atomic E-state index is 12.8. The van der Waals surface area contributed by atoms with Crippen LogP contribution in [-0.4, -0.2) is 41.0 Å². The molecule has 2 saturated heterocycles. The number of hydrogen-bond donors (Lipinski definition) is 1. The van der Waals surface area contributed by atoms with E-state index in [1.807, 2.05) is 42.5 Å². The van der Waals surface area contributed by atoms with Crippen molar-refractivity contribution < 1.29 is 9.21 Å². The number of benzene rings is 2. The fourth-order valence-corrected chi connectivity index (χ4v) is 4.44. The van der Waals surface area contributed by atoms with Crippen molar-refractivity contribution in [3.05, 3.63) is 54.1 Å². The van der Waals surface area contributed by atoms with Gasteiger partial charge in [0.25, 0.3) is 5.91 Å². The Morgan fingerprint density at radius 1 is 1.07 bits per heavy atom. The van der Waals surface area contributed by atoms with Crippen molar-refractivity contribution in [3.63, 3.8) is 0 Å². The highest BCUT2D eigenvalue weighted by Crippen LogP contribution is 2.28. The average Bonchev–Trinajstić information content (AvgIpc) is 3.32. The molecule has 0 radical (unpaired) electrons. The number of aromatic nitrogens is 1. The number of nitrogens with one attached hydrogen (secondary N) is 1. The number of rotatable bonds is 3. The van der Waals surface area contributed by atoms with Crippen LogP contribution in [0.1, 0.15) is 36.0 Å². The summed E-state index contributed by atoms with van der Waals surface area (Å²) < 4.78 is 5.90. The molecule has 1 amide bonds. The summed E-state index contributed by atoms with van der Waals surface area (Å²) in [6.45, 7) is 2.26. The van der Waals surface area contributed by atoms with Gasteiger partial charge in [-0.3, -0.25) is 9.69 Å². The van der Waals surface area contributed by atoms with Crippen LogP contribution in [0.3, 0.4) is 0 Å². The lowest BCUT2D eigenvalue weighted by atomic mass is 9.99. The molecule has 2 aliphatic heterocycles. The second kappa shape index (κ2) is 6.82. The van der Waals surface area contributed by atoms with Gasteiger partial charge in [-0.1, -0.05) is 24.6 Å². The molecule has 1 aromatic heterocycles. The molecule has 2 atom stereocenters. The van der Waals surface area contributed by atoms with Gasteiger partial charge in [0.2, 0.25) is 5.89 Å². The lowest BCUT2D eigenvalue weighted by Gasteiger charge is -2.32. The van der Waals surface area contributed by atoms with Crippen molar-refractivity contribution in [2.75, 3.05) is 13.1 Å². The Labute approximate surface area is 158 Å². The van der Waals surface area contributed by atoms with E-state index >= 15 is 0 Å². The predicted molar refractivity (Wildman–Crippen MR) is 105 cm³/mol. The third-order valence-corrected chi connectivity index (χ3v) is 5.84. The van der Waals surface area contributed by atoms with E-state index in [4.69, 9.17) is 4.42 Å². The third-order valence-electron chi connectivity index (χ3n) is 5.84. The predicted octanol–water partition coefficient (Wildman–Crippen LogP) is 3.85. The van der Waals surface area contributed by atoms with E-state index in [0.29, 0.717) is 23.1 Å². The smallest absolute Gasteiger partial charge is 0.251 e. The van der Waals surface area contributed by atoms with Crippen molar-refractivity contribution in [1.82, 2.24) is 15.2 Å². The van der Waals surface area contributed by atoms with Gasteiger partial charge in [-0.15, -0.1) is 0 Å². The van der Waals surface area contributed by atoms with Crippen molar-refractivity contribution >= 4 is 17.0 Å². The molecule has 2 aromatic carbocycles. The number of piperidine rings is 1. The lowest BCUT2D eigenvalue weighted by molar-refractivity contribution is 0.0915. The minimum atomic E-state index is -0.0213. The van der Waals surface area contributed by atoms with Crippen LogP contribution < -0.4 is 5.32 Å². The molecule has 5 nitrogen and oxygen atoms in total. The molecule has 5 heteroatoms. The standard InChI is InChI=1S/C22H23N3O2/c26-21(23-17-11-13-25-12-5-4-8-19(17)25)16-9-10-18-20(14-16)27-22(24-18)15-6-2-1-3-7-15/h1-3,6-7,9-10,14,17,19H,4-5,8,11-13H2,(H,23,26). The van der Waals surface area contributed by atoms with Crippen LogP contribution in [0, 0.1) is 0 Å². The van der Waals surface area contributed by atoms with E-state index in [1.54, 1.807) is 6.07 Å². The average molecular weight is 361 g/mol. The first-order chi connectivity index (χ1) is 13.3. The Bertz CT molecular complexity index is 966. The topological polar surface area (TPSA) is 58.4 Å². The van der Waals surface area contributed by atoms with Gasteiger partial charge in [0, 0.05) is 29.8 Å². The minimum absolute atomic E-state index is 0.0213. The molecule has 3 aromatic rings. The van der Waals surface area contributed by atoms with Gasteiger partial charge >= 0.3 is 0 Å². The first-order valence-electron chi connectivity index (χ1n) is 9.79. The SMILES string of the molecule is O=C(NC1CCN2CCCCC12)c1ccc2nc(-c3ccccc3)oc2c1. The molecule has 138 valence electrons. The molecule has 2 aliphatic rings. The fourth-order valence-electron chi connectivity index (χ4n) is 4.44. The van der Waals surface area contributed by atoms with Crippen molar-refractivity contribution in [1.29, 1.82) is 0 Å². The van der Waals surface area contributed by atoms with Crippen LogP contribution in [0.25, 0.3) is 22.6 Å². The Morgan fingerprint density at radius 3 is 2.85 bits per heavy atom. The van der Waals surface area contributed by atoms with Crippen LogP contribution in [-0.2, 0) is 0 Å². The molecule has 2 fully saturated rings. The van der Waals surface area contributed by atoms with E-state index in [1.165, 1.54) is 25.8 Å². The zero-order valence-corrected chi connectivity index (χ0v) is 15.2. The number of carbonyl (C=O) groups excluding carboxylic acids is 1. The highest BCUT2D eigenvalue weighted by molar-refractivity contribution is 5.97. The summed E-state index contributed by atoms with van der Waals surface area (Å²) >= 11 is 0. The van der Waals surface area contributed by atoms with Crippen LogP contribution >= 0.6 is 0 Å². The monoisotopic (exact) mass is 361 g/mol. The zero-order chi connectivity index (χ0) is 18.2. The number of nitrogens with zero attached hydrogens (tertiary/aromatic N) is 2. The van der Waals surface area contributed by atoms with E-state index in [2.05, 4.69) is 15.2 Å². The van der Waals surface area contributed by atoms with E-state index in [9.17, 15) is 4.79 Å². The van der Waals surface area contributed by atoms with E-state index in [-0.39, 0.29) is 11.9 Å². The van der Waals surface area contributed by atoms with Crippen LogP contribution in [0.2, 0.25) is 0 Å². The maximum Gasteiger partial charge on any atom is 0.251 e. The molecular formula is C22H23N3O2. The normalized spacial score (nSPS) is 22.7. The first kappa shape index (κ1) is 16.5. The highest BCUT2D eigenvalue weighted by atomic mass is 16.3. The van der Waals surface area contributed by atoms with E-state index in [0.717, 1.165) is 24.0 Å². The first-order valence-corrected chi connectivity index (χ1v) is 9.79. The summed E-state index contributed by atoms with van der Waals surface area (Å²) in [5.74, 6) is 0.559. The number of amides is 1. The number of oxazole rings is 1. The van der Waals surface area contributed by atoms with Gasteiger partial charge in [-0.05, 0) is 56.1 Å². The largest absolute Gasteiger partial charge is 0.436 e. The Hall–Kier alpha value is -2.66. The Morgan fingerprint density at radius 2 is 1.96 bits per heavy atom. The molecule has 0 spiro atoms. The second-order valence-electron chi connectivity index (χ2n) is 7.54. The summed E-state index contributed by atoms with van der Waals surface area (Å²) in [5, 5.41) is 3.25. The molecule has 0 saturated carbocycles. The minimum Gasteiger partial charge on any atom is -0.436 e. The van der Waals surface area contributed by atoms with Crippen LogP contribution in [0.4, 0.5) is 0 Å². The molecule has 0 bridgehead atoms. The van der Waals surface area contributed by atoms with Gasteiger partial charge < -0.3 is 9.73 Å². The second-order valence-corrected chi connectivity index (χ2v) is 7.54. The summed E-state index contributed by atoms with van der Waals surface area (Å²) in [7, 11) is 0. The van der Waals surface area contributed by atoms with Gasteiger partial charge in [-0.2, -0.15) is 0 Å². The Balaban J connectivity index is 1.36. The number of carbonyl (C=O) groups is 1. The van der Waals surface area contributed by atoms with Gasteiger partial charge in [-0.25, -0.2) is 4.98 Å².